The summed E-state index contributed by atoms with van der Waals surface area (Å²) in [5.74, 6) is 0.169. The quantitative estimate of drug-likeness (QED) is 0.872. The standard InChI is InChI=1S/C15H24N2O2S2/c1-5-12-15(18)17(9-8-11(3)21(4)19)14(16-12)13-7-6-10(2)20-13/h6-7,11-12,14,16H,5,8-9H2,1-4H3. The number of carbonyl (C=O) groups is 1. The number of rotatable bonds is 6. The Morgan fingerprint density at radius 2 is 2.19 bits per heavy atom. The SMILES string of the molecule is CCC1NC(c2ccc(C)s2)N(CCC(C)S(C)=O)C1=O. The Hall–Kier alpha value is -0.720. The second-order valence-electron chi connectivity index (χ2n) is 5.61. The Morgan fingerprint density at radius 1 is 1.48 bits per heavy atom. The molecule has 4 unspecified atom stereocenters. The minimum atomic E-state index is -0.839. The highest BCUT2D eigenvalue weighted by molar-refractivity contribution is 7.84. The third kappa shape index (κ3) is 3.73. The minimum absolute atomic E-state index is 0.0290. The second-order valence-corrected chi connectivity index (χ2v) is 8.73. The van der Waals surface area contributed by atoms with Crippen LogP contribution in [0.15, 0.2) is 12.1 Å². The maximum Gasteiger partial charge on any atom is 0.241 e. The molecule has 1 aromatic heterocycles. The molecule has 1 amide bonds. The third-order valence-electron chi connectivity index (χ3n) is 4.03. The van der Waals surface area contributed by atoms with Crippen molar-refractivity contribution in [3.05, 3.63) is 21.9 Å². The van der Waals surface area contributed by atoms with Crippen molar-refractivity contribution in [2.24, 2.45) is 0 Å². The largest absolute Gasteiger partial charge is 0.321 e. The zero-order valence-electron chi connectivity index (χ0n) is 13.1. The van der Waals surface area contributed by atoms with E-state index in [1.165, 1.54) is 9.75 Å². The lowest BCUT2D eigenvalue weighted by Gasteiger charge is -2.24. The average molecular weight is 329 g/mol. The van der Waals surface area contributed by atoms with Crippen LogP contribution in [0.1, 0.15) is 42.6 Å². The van der Waals surface area contributed by atoms with Gasteiger partial charge in [0, 0.05) is 38.6 Å². The lowest BCUT2D eigenvalue weighted by atomic mass is 10.2. The van der Waals surface area contributed by atoms with Gasteiger partial charge in [-0.2, -0.15) is 0 Å². The summed E-state index contributed by atoms with van der Waals surface area (Å²) >= 11 is 1.73. The Balaban J connectivity index is 2.13. The van der Waals surface area contributed by atoms with Crippen LogP contribution < -0.4 is 5.32 Å². The fraction of sp³-hybridized carbons (Fsp3) is 0.667. The monoisotopic (exact) mass is 328 g/mol. The number of carbonyl (C=O) groups excluding carboxylic acids is 1. The Labute approximate surface area is 133 Å². The summed E-state index contributed by atoms with van der Waals surface area (Å²) in [5.41, 5.74) is 0. The number of thiophene rings is 1. The molecule has 1 aliphatic rings. The van der Waals surface area contributed by atoms with Gasteiger partial charge in [0.05, 0.1) is 6.04 Å². The van der Waals surface area contributed by atoms with Gasteiger partial charge in [-0.15, -0.1) is 11.3 Å². The van der Waals surface area contributed by atoms with E-state index in [0.717, 1.165) is 12.8 Å². The molecule has 1 fully saturated rings. The van der Waals surface area contributed by atoms with E-state index < -0.39 is 10.8 Å². The van der Waals surface area contributed by atoms with Crippen LogP contribution in [0.3, 0.4) is 0 Å². The van der Waals surface area contributed by atoms with E-state index in [1.54, 1.807) is 17.6 Å². The molecule has 4 atom stereocenters. The van der Waals surface area contributed by atoms with Crippen LogP contribution in [0.25, 0.3) is 0 Å². The Bertz CT molecular complexity index is 529. The highest BCUT2D eigenvalue weighted by Crippen LogP contribution is 2.31. The summed E-state index contributed by atoms with van der Waals surface area (Å²) < 4.78 is 11.5. The van der Waals surface area contributed by atoms with Crippen LogP contribution in [0.5, 0.6) is 0 Å². The van der Waals surface area contributed by atoms with Crippen LogP contribution in [-0.2, 0) is 15.6 Å². The van der Waals surface area contributed by atoms with E-state index in [9.17, 15) is 9.00 Å². The first kappa shape index (κ1) is 16.6. The molecule has 118 valence electrons. The molecular weight excluding hydrogens is 304 g/mol. The molecule has 0 saturated carbocycles. The maximum atomic E-state index is 12.5. The second kappa shape index (κ2) is 7.03. The molecular formula is C15H24N2O2S2. The highest BCUT2D eigenvalue weighted by atomic mass is 32.2. The summed E-state index contributed by atoms with van der Waals surface area (Å²) in [7, 11) is -0.839. The van der Waals surface area contributed by atoms with Crippen molar-refractivity contribution in [2.75, 3.05) is 12.8 Å². The van der Waals surface area contributed by atoms with E-state index in [2.05, 4.69) is 24.4 Å². The predicted molar refractivity (Wildman–Crippen MR) is 88.9 cm³/mol. The van der Waals surface area contributed by atoms with Gasteiger partial charge >= 0.3 is 0 Å². The number of amides is 1. The normalized spacial score (nSPS) is 25.3. The molecule has 0 aromatic carbocycles. The zero-order chi connectivity index (χ0) is 15.6. The van der Waals surface area contributed by atoms with Gasteiger partial charge < -0.3 is 4.90 Å². The van der Waals surface area contributed by atoms with E-state index >= 15 is 0 Å². The number of nitrogens with zero attached hydrogens (tertiary/aromatic N) is 1. The molecule has 0 spiro atoms. The number of nitrogens with one attached hydrogen (secondary N) is 1. The summed E-state index contributed by atoms with van der Waals surface area (Å²) in [6, 6.07) is 4.09. The predicted octanol–water partition coefficient (Wildman–Crippen LogP) is 2.42. The van der Waals surface area contributed by atoms with Gasteiger partial charge in [-0.3, -0.25) is 14.3 Å². The van der Waals surface area contributed by atoms with Gasteiger partial charge in [0.25, 0.3) is 0 Å². The van der Waals surface area contributed by atoms with Gasteiger partial charge in [0.15, 0.2) is 0 Å². The third-order valence-corrected chi connectivity index (χ3v) is 6.46. The maximum absolute atomic E-state index is 12.5. The van der Waals surface area contributed by atoms with Crippen molar-refractivity contribution in [1.82, 2.24) is 10.2 Å². The van der Waals surface area contributed by atoms with Crippen LogP contribution in [0, 0.1) is 6.92 Å². The molecule has 0 bridgehead atoms. The molecule has 21 heavy (non-hydrogen) atoms. The molecule has 2 heterocycles. The van der Waals surface area contributed by atoms with Crippen molar-refractivity contribution in [2.45, 2.75) is 51.1 Å². The van der Waals surface area contributed by atoms with Crippen LogP contribution >= 0.6 is 11.3 Å². The van der Waals surface area contributed by atoms with Gasteiger partial charge in [-0.1, -0.05) is 13.8 Å². The number of hydrogen-bond donors (Lipinski definition) is 1. The van der Waals surface area contributed by atoms with Gasteiger partial charge in [0.2, 0.25) is 5.91 Å². The van der Waals surface area contributed by atoms with Crippen molar-refractivity contribution < 1.29 is 9.00 Å². The van der Waals surface area contributed by atoms with Gasteiger partial charge in [-0.25, -0.2) is 0 Å². The first-order valence-corrected chi connectivity index (χ1v) is 9.83. The smallest absolute Gasteiger partial charge is 0.241 e. The fourth-order valence-electron chi connectivity index (χ4n) is 2.53. The topological polar surface area (TPSA) is 49.4 Å². The molecule has 2 rings (SSSR count). The zero-order valence-corrected chi connectivity index (χ0v) is 14.7. The lowest BCUT2D eigenvalue weighted by molar-refractivity contribution is -0.130. The average Bonchev–Trinajstić information content (AvgIpc) is 3.00. The van der Waals surface area contributed by atoms with E-state index in [0.29, 0.717) is 6.54 Å². The van der Waals surface area contributed by atoms with Crippen LogP contribution in [0.4, 0.5) is 0 Å². The van der Waals surface area contributed by atoms with Gasteiger partial charge in [-0.05, 0) is 31.9 Å². The molecule has 6 heteroatoms. The summed E-state index contributed by atoms with van der Waals surface area (Å²) in [4.78, 5) is 16.9. The van der Waals surface area contributed by atoms with Crippen molar-refractivity contribution in [1.29, 1.82) is 0 Å². The number of aryl methyl sites for hydroxylation is 1. The molecule has 0 aliphatic carbocycles. The van der Waals surface area contributed by atoms with Gasteiger partial charge in [0.1, 0.15) is 6.17 Å². The van der Waals surface area contributed by atoms with Crippen LogP contribution in [-0.4, -0.2) is 39.1 Å². The van der Waals surface area contributed by atoms with E-state index in [1.807, 2.05) is 18.7 Å². The van der Waals surface area contributed by atoms with Crippen molar-refractivity contribution >= 4 is 28.0 Å². The van der Waals surface area contributed by atoms with Crippen molar-refractivity contribution in [3.63, 3.8) is 0 Å². The number of hydrogen-bond acceptors (Lipinski definition) is 4. The fourth-order valence-corrected chi connectivity index (χ4v) is 3.92. The minimum Gasteiger partial charge on any atom is -0.321 e. The molecule has 1 saturated heterocycles. The Morgan fingerprint density at radius 3 is 2.71 bits per heavy atom. The molecule has 1 N–H and O–H groups in total. The summed E-state index contributed by atoms with van der Waals surface area (Å²) in [6.45, 7) is 6.74. The lowest BCUT2D eigenvalue weighted by Crippen LogP contribution is -2.33. The first-order chi connectivity index (χ1) is 9.93. The highest BCUT2D eigenvalue weighted by Gasteiger charge is 2.39. The molecule has 4 nitrogen and oxygen atoms in total. The van der Waals surface area contributed by atoms with Crippen molar-refractivity contribution in [3.8, 4) is 0 Å². The molecule has 1 aliphatic heterocycles. The summed E-state index contributed by atoms with van der Waals surface area (Å²) in [6.07, 6.45) is 3.27. The molecule has 0 radical (unpaired) electrons. The first-order valence-electron chi connectivity index (χ1n) is 7.39. The van der Waals surface area contributed by atoms with E-state index in [-0.39, 0.29) is 23.4 Å². The summed E-state index contributed by atoms with van der Waals surface area (Å²) in [5, 5.41) is 3.55. The van der Waals surface area contributed by atoms with Crippen LogP contribution in [0.2, 0.25) is 0 Å². The Kier molecular flexibility index (Phi) is 5.57. The molecule has 1 aromatic rings. The van der Waals surface area contributed by atoms with E-state index in [4.69, 9.17) is 0 Å².